The first-order valence-corrected chi connectivity index (χ1v) is 7.48. The van der Waals surface area contributed by atoms with Crippen LogP contribution < -0.4 is 10.1 Å². The molecule has 0 amide bonds. The lowest BCUT2D eigenvalue weighted by Gasteiger charge is -2.07. The number of carbonyl (C=O) groups excluding carboxylic acids is 1. The van der Waals surface area contributed by atoms with E-state index in [1.807, 2.05) is 25.2 Å². The molecule has 5 heteroatoms. The zero-order chi connectivity index (χ0) is 15.6. The third kappa shape index (κ3) is 3.19. The van der Waals surface area contributed by atoms with Crippen molar-refractivity contribution < 1.29 is 14.6 Å². The number of ether oxygens (including phenoxy) is 1. The maximum Gasteiger partial charge on any atom is 0.173 e. The van der Waals surface area contributed by atoms with Crippen molar-refractivity contribution >= 4 is 32.9 Å². The molecule has 0 radical (unpaired) electrons. The van der Waals surface area contributed by atoms with Crippen LogP contribution in [-0.2, 0) is 0 Å². The molecule has 2 rings (SSSR count). The minimum absolute atomic E-state index is 0.0175. The molecule has 21 heavy (non-hydrogen) atoms. The standard InChI is InChI=1S/C16H19NO3S/c1-9(10(2)18)5-13(19)16-7-11-6-14(20-4)12(17-3)8-15(11)21-16/h6-9,17-18H,2,5H2,1,3-4H3/t9-/m0/s1. The van der Waals surface area contributed by atoms with Gasteiger partial charge in [-0.1, -0.05) is 13.5 Å². The Morgan fingerprint density at radius 1 is 1.48 bits per heavy atom. The number of anilines is 1. The average Bonchev–Trinajstić information content (AvgIpc) is 2.88. The molecule has 1 aromatic carbocycles. The number of allylic oxidation sites excluding steroid dienone is 1. The van der Waals surface area contributed by atoms with Crippen LogP contribution in [0, 0.1) is 5.92 Å². The number of Topliss-reactive ketones (excluding diaryl/α,β-unsaturated/α-hetero) is 1. The minimum atomic E-state index is -0.231. The Morgan fingerprint density at radius 3 is 2.76 bits per heavy atom. The number of fused-ring (bicyclic) bond motifs is 1. The molecule has 0 saturated carbocycles. The molecular weight excluding hydrogens is 286 g/mol. The normalized spacial score (nSPS) is 12.1. The Bertz CT molecular complexity index is 649. The summed E-state index contributed by atoms with van der Waals surface area (Å²) in [7, 11) is 3.45. The molecule has 2 N–H and O–H groups in total. The van der Waals surface area contributed by atoms with Crippen LogP contribution in [0.1, 0.15) is 23.0 Å². The maximum absolute atomic E-state index is 12.2. The summed E-state index contributed by atoms with van der Waals surface area (Å²) in [6, 6.07) is 5.77. The van der Waals surface area contributed by atoms with Gasteiger partial charge in [0.1, 0.15) is 5.75 Å². The van der Waals surface area contributed by atoms with Crippen LogP contribution in [0.5, 0.6) is 5.75 Å². The lowest BCUT2D eigenvalue weighted by atomic mass is 10.0. The zero-order valence-corrected chi connectivity index (χ0v) is 13.2. The Kier molecular flexibility index (Phi) is 4.53. The molecule has 1 heterocycles. The predicted molar refractivity (Wildman–Crippen MR) is 87.8 cm³/mol. The molecular formula is C16H19NO3S. The van der Waals surface area contributed by atoms with Gasteiger partial charge in [0, 0.05) is 24.1 Å². The van der Waals surface area contributed by atoms with Crippen LogP contribution >= 0.6 is 11.3 Å². The van der Waals surface area contributed by atoms with Gasteiger partial charge in [-0.25, -0.2) is 0 Å². The first-order chi connectivity index (χ1) is 9.96. The fourth-order valence-corrected chi connectivity index (χ4v) is 3.10. The summed E-state index contributed by atoms with van der Waals surface area (Å²) in [5.74, 6) is 0.580. The number of thiophene rings is 1. The smallest absolute Gasteiger partial charge is 0.173 e. The molecule has 0 bridgehead atoms. The molecule has 0 aliphatic carbocycles. The van der Waals surface area contributed by atoms with E-state index in [-0.39, 0.29) is 23.9 Å². The number of nitrogens with one attached hydrogen (secondary N) is 1. The fraction of sp³-hybridized carbons (Fsp3) is 0.312. The second kappa shape index (κ2) is 6.18. The highest BCUT2D eigenvalue weighted by Gasteiger charge is 2.16. The summed E-state index contributed by atoms with van der Waals surface area (Å²) in [5, 5.41) is 13.4. The van der Waals surface area contributed by atoms with Gasteiger partial charge in [0.25, 0.3) is 0 Å². The van der Waals surface area contributed by atoms with Crippen LogP contribution in [0.15, 0.2) is 30.5 Å². The zero-order valence-electron chi connectivity index (χ0n) is 12.4. The van der Waals surface area contributed by atoms with Crippen molar-refractivity contribution in [3.8, 4) is 5.75 Å². The minimum Gasteiger partial charge on any atom is -0.513 e. The van der Waals surface area contributed by atoms with Crippen LogP contribution in [0.2, 0.25) is 0 Å². The van der Waals surface area contributed by atoms with Crippen molar-refractivity contribution in [3.05, 3.63) is 35.4 Å². The number of rotatable bonds is 6. The van der Waals surface area contributed by atoms with Crippen molar-refractivity contribution in [3.63, 3.8) is 0 Å². The number of carbonyl (C=O) groups is 1. The largest absolute Gasteiger partial charge is 0.513 e. The first kappa shape index (κ1) is 15.4. The van der Waals surface area contributed by atoms with E-state index in [4.69, 9.17) is 4.74 Å². The Labute approximate surface area is 128 Å². The van der Waals surface area contributed by atoms with Crippen molar-refractivity contribution in [2.45, 2.75) is 13.3 Å². The molecule has 0 saturated heterocycles. The number of hydrogen-bond acceptors (Lipinski definition) is 5. The molecule has 112 valence electrons. The number of aliphatic hydroxyl groups is 1. The number of ketones is 1. The van der Waals surface area contributed by atoms with Crippen LogP contribution in [0.25, 0.3) is 10.1 Å². The molecule has 2 aromatic rings. The summed E-state index contributed by atoms with van der Waals surface area (Å²) < 4.78 is 6.35. The first-order valence-electron chi connectivity index (χ1n) is 6.66. The Balaban J connectivity index is 2.34. The quantitative estimate of drug-likeness (QED) is 0.619. The lowest BCUT2D eigenvalue weighted by Crippen LogP contribution is -2.06. The van der Waals surface area contributed by atoms with Crippen molar-refractivity contribution in [2.24, 2.45) is 5.92 Å². The topological polar surface area (TPSA) is 58.6 Å². The molecule has 1 atom stereocenters. The van der Waals surface area contributed by atoms with Gasteiger partial charge in [-0.3, -0.25) is 4.79 Å². The highest BCUT2D eigenvalue weighted by Crippen LogP contribution is 2.35. The van der Waals surface area contributed by atoms with Gasteiger partial charge >= 0.3 is 0 Å². The Hall–Kier alpha value is -2.01. The van der Waals surface area contributed by atoms with E-state index >= 15 is 0 Å². The summed E-state index contributed by atoms with van der Waals surface area (Å²) >= 11 is 1.45. The lowest BCUT2D eigenvalue weighted by molar-refractivity contribution is 0.0965. The molecule has 0 spiro atoms. The van der Waals surface area contributed by atoms with Crippen LogP contribution in [0.4, 0.5) is 5.69 Å². The average molecular weight is 305 g/mol. The predicted octanol–water partition coefficient (Wildman–Crippen LogP) is 4.23. The highest BCUT2D eigenvalue weighted by molar-refractivity contribution is 7.20. The molecule has 1 aromatic heterocycles. The molecule has 0 unspecified atom stereocenters. The number of methoxy groups -OCH3 is 1. The van der Waals surface area contributed by atoms with E-state index in [1.54, 1.807) is 14.0 Å². The van der Waals surface area contributed by atoms with Crippen LogP contribution in [0.3, 0.4) is 0 Å². The molecule has 4 nitrogen and oxygen atoms in total. The maximum atomic E-state index is 12.2. The van der Waals surface area contributed by atoms with Crippen molar-refractivity contribution in [1.82, 2.24) is 0 Å². The number of hydrogen-bond donors (Lipinski definition) is 2. The van der Waals surface area contributed by atoms with Crippen LogP contribution in [-0.4, -0.2) is 25.0 Å². The second-order valence-corrected chi connectivity index (χ2v) is 6.05. The van der Waals surface area contributed by atoms with Gasteiger partial charge in [-0.05, 0) is 23.6 Å². The van der Waals surface area contributed by atoms with E-state index in [0.29, 0.717) is 4.88 Å². The number of aliphatic hydroxyl groups excluding tert-OH is 1. The summed E-state index contributed by atoms with van der Waals surface area (Å²) in [5.41, 5.74) is 0.892. The van der Waals surface area contributed by atoms with E-state index in [0.717, 1.165) is 21.5 Å². The van der Waals surface area contributed by atoms with Crippen molar-refractivity contribution in [2.75, 3.05) is 19.5 Å². The van der Waals surface area contributed by atoms with Gasteiger partial charge in [0.05, 0.1) is 23.4 Å². The SMILES string of the molecule is C=C(O)[C@@H](C)CC(=O)c1cc2cc(OC)c(NC)cc2s1. The molecule has 0 aliphatic rings. The number of benzene rings is 1. The molecule has 0 aliphatic heterocycles. The fourth-order valence-electron chi connectivity index (χ4n) is 2.06. The monoisotopic (exact) mass is 305 g/mol. The van der Waals surface area contributed by atoms with E-state index in [2.05, 4.69) is 11.9 Å². The van der Waals surface area contributed by atoms with Gasteiger partial charge in [0.2, 0.25) is 0 Å². The van der Waals surface area contributed by atoms with E-state index in [9.17, 15) is 9.90 Å². The van der Waals surface area contributed by atoms with E-state index < -0.39 is 0 Å². The van der Waals surface area contributed by atoms with Gasteiger partial charge in [-0.2, -0.15) is 0 Å². The summed E-state index contributed by atoms with van der Waals surface area (Å²) in [6.07, 6.45) is 0.262. The van der Waals surface area contributed by atoms with Gasteiger partial charge in [-0.15, -0.1) is 11.3 Å². The van der Waals surface area contributed by atoms with Gasteiger partial charge in [0.15, 0.2) is 5.78 Å². The third-order valence-corrected chi connectivity index (χ3v) is 4.58. The summed E-state index contributed by atoms with van der Waals surface area (Å²) in [6.45, 7) is 5.26. The summed E-state index contributed by atoms with van der Waals surface area (Å²) in [4.78, 5) is 12.9. The second-order valence-electron chi connectivity index (χ2n) is 4.97. The third-order valence-electron chi connectivity index (χ3n) is 3.44. The Morgan fingerprint density at radius 2 is 2.19 bits per heavy atom. The highest BCUT2D eigenvalue weighted by atomic mass is 32.1. The van der Waals surface area contributed by atoms with E-state index in [1.165, 1.54) is 11.3 Å². The van der Waals surface area contributed by atoms with Gasteiger partial charge < -0.3 is 15.2 Å². The molecule has 0 fully saturated rings. The van der Waals surface area contributed by atoms with Crippen molar-refractivity contribution in [1.29, 1.82) is 0 Å².